The molecular weight excluding hydrogens is 398 g/mol. The minimum absolute atomic E-state index is 0.0631. The first-order valence-electron chi connectivity index (χ1n) is 8.12. The van der Waals surface area contributed by atoms with E-state index < -0.39 is 23.1 Å². The van der Waals surface area contributed by atoms with Crippen molar-refractivity contribution in [2.45, 2.75) is 20.1 Å². The van der Waals surface area contributed by atoms with Crippen molar-refractivity contribution in [2.24, 2.45) is 0 Å². The highest BCUT2D eigenvalue weighted by molar-refractivity contribution is 6.31. The van der Waals surface area contributed by atoms with Gasteiger partial charge in [0.15, 0.2) is 11.5 Å². The average molecular weight is 415 g/mol. The fraction of sp³-hybridized carbons (Fsp3) is 0.278. The zero-order chi connectivity index (χ0) is 20.8. The van der Waals surface area contributed by atoms with Crippen LogP contribution in [-0.2, 0) is 6.54 Å². The summed E-state index contributed by atoms with van der Waals surface area (Å²) in [5.74, 6) is -0.601. The molecule has 0 fully saturated rings. The van der Waals surface area contributed by atoms with E-state index in [0.29, 0.717) is 5.56 Å². The Morgan fingerprint density at radius 2 is 1.96 bits per heavy atom. The fourth-order valence-electron chi connectivity index (χ4n) is 2.50. The van der Waals surface area contributed by atoms with Crippen molar-refractivity contribution in [2.75, 3.05) is 13.7 Å². The summed E-state index contributed by atoms with van der Waals surface area (Å²) in [6, 6.07) is 8.06. The van der Waals surface area contributed by atoms with Crippen LogP contribution in [0.15, 0.2) is 36.4 Å². The molecule has 10 heteroatoms. The molecule has 0 aliphatic heterocycles. The molecule has 0 unspecified atom stereocenters. The van der Waals surface area contributed by atoms with E-state index in [1.165, 1.54) is 42.3 Å². The van der Waals surface area contributed by atoms with E-state index in [9.17, 15) is 23.7 Å². The number of nitro benzene ring substituents is 1. The Morgan fingerprint density at radius 1 is 1.25 bits per heavy atom. The number of rotatable bonds is 8. The summed E-state index contributed by atoms with van der Waals surface area (Å²) >= 11 is 5.76. The van der Waals surface area contributed by atoms with Crippen molar-refractivity contribution < 1.29 is 28.0 Å². The van der Waals surface area contributed by atoms with E-state index in [1.807, 2.05) is 0 Å². The lowest BCUT2D eigenvalue weighted by molar-refractivity contribution is -0.385. The van der Waals surface area contributed by atoms with Gasteiger partial charge in [0.1, 0.15) is 5.56 Å². The highest BCUT2D eigenvalue weighted by Gasteiger charge is 2.23. The number of carbonyl (C=O) groups excluding carboxylic acids is 1. The summed E-state index contributed by atoms with van der Waals surface area (Å²) in [6.45, 7) is -1.02. The van der Waals surface area contributed by atoms with Gasteiger partial charge in [-0.2, -0.15) is 8.78 Å². The smallest absolute Gasteiger partial charge is 0.387 e. The Balaban J connectivity index is 2.25. The minimum atomic E-state index is -3.00. The normalized spacial score (nSPS) is 10.6. The molecule has 0 heterocycles. The van der Waals surface area contributed by atoms with Gasteiger partial charge in [-0.25, -0.2) is 0 Å². The van der Waals surface area contributed by atoms with Crippen LogP contribution < -0.4 is 9.47 Å². The lowest BCUT2D eigenvalue weighted by atomic mass is 10.1. The Labute approximate surface area is 164 Å². The maximum absolute atomic E-state index is 12.6. The summed E-state index contributed by atoms with van der Waals surface area (Å²) in [5, 5.41) is 11.3. The predicted molar refractivity (Wildman–Crippen MR) is 98.1 cm³/mol. The second kappa shape index (κ2) is 9.32. The number of carbonyl (C=O) groups is 1. The maximum atomic E-state index is 12.6. The van der Waals surface area contributed by atoms with Gasteiger partial charge in [-0.15, -0.1) is 0 Å². The van der Waals surface area contributed by atoms with Gasteiger partial charge in [0.05, 0.1) is 11.5 Å². The van der Waals surface area contributed by atoms with E-state index in [1.54, 1.807) is 6.92 Å². The fourth-order valence-corrected chi connectivity index (χ4v) is 2.67. The molecule has 0 saturated heterocycles. The largest absolute Gasteiger partial charge is 0.490 e. The lowest BCUT2D eigenvalue weighted by Gasteiger charge is -2.19. The Kier molecular flexibility index (Phi) is 7.11. The monoisotopic (exact) mass is 414 g/mol. The molecule has 0 N–H and O–H groups in total. The topological polar surface area (TPSA) is 81.9 Å². The first-order chi connectivity index (χ1) is 13.2. The molecule has 0 aliphatic rings. The molecule has 0 saturated carbocycles. The van der Waals surface area contributed by atoms with Crippen molar-refractivity contribution >= 4 is 23.2 Å². The number of amides is 1. The molecule has 28 heavy (non-hydrogen) atoms. The van der Waals surface area contributed by atoms with Gasteiger partial charge in [-0.1, -0.05) is 17.7 Å². The van der Waals surface area contributed by atoms with E-state index in [-0.39, 0.29) is 35.2 Å². The van der Waals surface area contributed by atoms with Crippen LogP contribution >= 0.6 is 11.6 Å². The number of halogens is 3. The quantitative estimate of drug-likeness (QED) is 0.468. The number of hydrogen-bond donors (Lipinski definition) is 0. The van der Waals surface area contributed by atoms with Gasteiger partial charge < -0.3 is 14.4 Å². The number of alkyl halides is 2. The van der Waals surface area contributed by atoms with Crippen LogP contribution in [0.1, 0.15) is 22.8 Å². The van der Waals surface area contributed by atoms with Crippen LogP contribution in [0.5, 0.6) is 11.5 Å². The van der Waals surface area contributed by atoms with Gasteiger partial charge >= 0.3 is 6.61 Å². The molecular formula is C18H17ClF2N2O5. The minimum Gasteiger partial charge on any atom is -0.490 e. The maximum Gasteiger partial charge on any atom is 0.387 e. The second-order valence-electron chi connectivity index (χ2n) is 5.67. The van der Waals surface area contributed by atoms with E-state index >= 15 is 0 Å². The Hall–Kier alpha value is -2.94. The van der Waals surface area contributed by atoms with E-state index in [4.69, 9.17) is 16.3 Å². The van der Waals surface area contributed by atoms with Crippen molar-refractivity contribution in [3.8, 4) is 11.5 Å². The van der Waals surface area contributed by atoms with E-state index in [0.717, 1.165) is 6.07 Å². The summed E-state index contributed by atoms with van der Waals surface area (Å²) in [7, 11) is 1.46. The van der Waals surface area contributed by atoms with Gasteiger partial charge in [-0.05, 0) is 36.8 Å². The predicted octanol–water partition coefficient (Wildman–Crippen LogP) is 4.52. The van der Waals surface area contributed by atoms with Crippen molar-refractivity contribution in [1.82, 2.24) is 4.90 Å². The Morgan fingerprint density at radius 3 is 2.57 bits per heavy atom. The molecule has 2 aromatic carbocycles. The number of nitrogens with zero attached hydrogens (tertiary/aromatic N) is 2. The molecule has 7 nitrogen and oxygen atoms in total. The van der Waals surface area contributed by atoms with Crippen molar-refractivity contribution in [3.63, 3.8) is 0 Å². The van der Waals surface area contributed by atoms with Crippen LogP contribution in [0.3, 0.4) is 0 Å². The zero-order valence-corrected chi connectivity index (χ0v) is 15.8. The standard InChI is InChI=1S/C18H17ClF2N2O5/c1-3-27-16-8-11(4-7-15(16)28-18(20)21)10-22(2)17(24)13-6-5-12(19)9-14(13)23(25)26/h4-9,18H,3,10H2,1-2H3. The second-order valence-corrected chi connectivity index (χ2v) is 6.11. The number of nitro groups is 1. The molecule has 0 radical (unpaired) electrons. The van der Waals surface area contributed by atoms with Crippen molar-refractivity contribution in [3.05, 3.63) is 62.7 Å². The van der Waals surface area contributed by atoms with Crippen LogP contribution in [0.4, 0.5) is 14.5 Å². The molecule has 2 rings (SSSR count). The SMILES string of the molecule is CCOc1cc(CN(C)C(=O)c2ccc(Cl)cc2[N+](=O)[O-])ccc1OC(F)F. The highest BCUT2D eigenvalue weighted by atomic mass is 35.5. The molecule has 1 amide bonds. The number of hydrogen-bond acceptors (Lipinski definition) is 5. The summed E-state index contributed by atoms with van der Waals surface area (Å²) in [5.41, 5.74) is 0.0529. The summed E-state index contributed by atoms with van der Waals surface area (Å²) in [6.07, 6.45) is 0. The van der Waals surface area contributed by atoms with Crippen LogP contribution in [0, 0.1) is 10.1 Å². The van der Waals surface area contributed by atoms with Gasteiger partial charge in [-0.3, -0.25) is 14.9 Å². The summed E-state index contributed by atoms with van der Waals surface area (Å²) < 4.78 is 34.7. The van der Waals surface area contributed by atoms with Crippen molar-refractivity contribution in [1.29, 1.82) is 0 Å². The van der Waals surface area contributed by atoms with Crippen LogP contribution in [0.25, 0.3) is 0 Å². The number of benzene rings is 2. The molecule has 0 bridgehead atoms. The van der Waals surface area contributed by atoms with Gasteiger partial charge in [0.2, 0.25) is 0 Å². The third kappa shape index (κ3) is 5.29. The van der Waals surface area contributed by atoms with Gasteiger partial charge in [0.25, 0.3) is 11.6 Å². The molecule has 2 aromatic rings. The molecule has 0 atom stereocenters. The number of ether oxygens (including phenoxy) is 2. The first-order valence-corrected chi connectivity index (χ1v) is 8.50. The lowest BCUT2D eigenvalue weighted by Crippen LogP contribution is -2.27. The molecule has 0 spiro atoms. The van der Waals surface area contributed by atoms with Crippen LogP contribution in [0.2, 0.25) is 5.02 Å². The third-order valence-corrected chi connectivity index (χ3v) is 3.91. The third-order valence-electron chi connectivity index (χ3n) is 3.68. The van der Waals surface area contributed by atoms with Gasteiger partial charge in [0, 0.05) is 24.7 Å². The molecule has 150 valence electrons. The van der Waals surface area contributed by atoms with E-state index in [2.05, 4.69) is 4.74 Å². The summed E-state index contributed by atoms with van der Waals surface area (Å²) in [4.78, 5) is 24.4. The first kappa shape index (κ1) is 21.4. The highest BCUT2D eigenvalue weighted by Crippen LogP contribution is 2.31. The average Bonchev–Trinajstić information content (AvgIpc) is 2.63. The van der Waals surface area contributed by atoms with Crippen LogP contribution in [-0.4, -0.2) is 36.0 Å². The zero-order valence-electron chi connectivity index (χ0n) is 15.0. The Bertz CT molecular complexity index is 879. The molecule has 0 aromatic heterocycles. The molecule has 0 aliphatic carbocycles.